The number of fused-ring (bicyclic) bond motifs is 9. The van der Waals surface area contributed by atoms with Gasteiger partial charge in [0, 0.05) is 54.8 Å². The topological polar surface area (TPSA) is 56.7 Å². The van der Waals surface area contributed by atoms with E-state index in [1.807, 2.05) is 72.8 Å². The molecular weight excluding hydrogens is 721 g/mol. The van der Waals surface area contributed by atoms with Crippen LogP contribution < -0.4 is 0 Å². The zero-order valence-corrected chi connectivity index (χ0v) is 32.5. The fourth-order valence-electron chi connectivity index (χ4n) is 9.40. The minimum absolute atomic E-state index is 0.168. The summed E-state index contributed by atoms with van der Waals surface area (Å²) in [7, 11) is 0. The summed E-state index contributed by atoms with van der Waals surface area (Å²) in [5.41, 5.74) is 14.9. The largest absolute Gasteiger partial charge is 0.455 e. The molecule has 0 atom stereocenters. The van der Waals surface area contributed by atoms with Crippen molar-refractivity contribution in [3.8, 4) is 62.1 Å². The lowest BCUT2D eigenvalue weighted by atomic mass is 9.82. The molecule has 3 aromatic heterocycles. The molecule has 0 saturated carbocycles. The molecule has 12 rings (SSSR count). The smallest absolute Gasteiger partial charge is 0.164 e. The zero-order valence-electron chi connectivity index (χ0n) is 32.5. The van der Waals surface area contributed by atoms with Crippen molar-refractivity contribution >= 4 is 43.7 Å². The Morgan fingerprint density at radius 3 is 1.78 bits per heavy atom. The van der Waals surface area contributed by atoms with Crippen LogP contribution in [-0.4, -0.2) is 19.5 Å². The van der Waals surface area contributed by atoms with E-state index in [-0.39, 0.29) is 5.41 Å². The summed E-state index contributed by atoms with van der Waals surface area (Å²) in [6.07, 6.45) is 0. The highest BCUT2D eigenvalue weighted by atomic mass is 16.3. The van der Waals surface area contributed by atoms with Gasteiger partial charge in [-0.15, -0.1) is 0 Å². The SMILES string of the molecule is CC1(C)c2ccccc2-c2cc3c4ccccc4n(-c4cc(-c5nc(-c6ccccc6)nc(-c6ccccc6)n5)ccc4-c4cccc5c4oc4ccccc45)c3cc21. The molecular formula is C54H36N4O. The van der Waals surface area contributed by atoms with Gasteiger partial charge in [0.15, 0.2) is 17.5 Å². The standard InChI is InChI=1S/C54H36N4O/c1-54(2)44-25-12-9-20-36(44)42-31-43-37-21-10-13-26-46(37)58(48(43)32-45(42)54)47-30-35(28-29-38(47)40-23-15-24-41-39-22-11-14-27-49(39)59-50(40)41)53-56-51(33-16-5-3-6-17-33)55-52(57-53)34-18-7-4-8-19-34/h3-32H,1-2H3. The zero-order chi connectivity index (χ0) is 39.2. The van der Waals surface area contributed by atoms with Gasteiger partial charge in [0.05, 0.1) is 16.7 Å². The van der Waals surface area contributed by atoms with Crippen molar-refractivity contribution in [2.24, 2.45) is 0 Å². The Labute approximate surface area is 340 Å². The van der Waals surface area contributed by atoms with E-state index in [4.69, 9.17) is 19.4 Å². The minimum atomic E-state index is -0.168. The predicted octanol–water partition coefficient (Wildman–Crippen LogP) is 13.8. The second-order valence-electron chi connectivity index (χ2n) is 16.0. The summed E-state index contributed by atoms with van der Waals surface area (Å²) in [6.45, 7) is 4.69. The van der Waals surface area contributed by atoms with Gasteiger partial charge in [0.1, 0.15) is 11.2 Å². The summed E-state index contributed by atoms with van der Waals surface area (Å²) in [5.74, 6) is 1.85. The molecule has 5 nitrogen and oxygen atoms in total. The van der Waals surface area contributed by atoms with Crippen LogP contribution in [-0.2, 0) is 5.41 Å². The van der Waals surface area contributed by atoms with E-state index in [9.17, 15) is 0 Å². The fourth-order valence-corrected chi connectivity index (χ4v) is 9.40. The van der Waals surface area contributed by atoms with Crippen molar-refractivity contribution < 1.29 is 4.42 Å². The fraction of sp³-hybridized carbons (Fsp3) is 0.0556. The first-order valence-electron chi connectivity index (χ1n) is 20.1. The van der Waals surface area contributed by atoms with Gasteiger partial charge >= 0.3 is 0 Å². The molecule has 278 valence electrons. The van der Waals surface area contributed by atoms with Crippen LogP contribution in [0.15, 0.2) is 186 Å². The molecule has 0 fully saturated rings. The van der Waals surface area contributed by atoms with Crippen molar-refractivity contribution in [3.63, 3.8) is 0 Å². The number of rotatable bonds is 5. The van der Waals surface area contributed by atoms with Crippen LogP contribution in [0, 0.1) is 0 Å². The van der Waals surface area contributed by atoms with Crippen LogP contribution in [0.4, 0.5) is 0 Å². The second-order valence-corrected chi connectivity index (χ2v) is 16.0. The third kappa shape index (κ3) is 5.08. The predicted molar refractivity (Wildman–Crippen MR) is 241 cm³/mol. The Bertz CT molecular complexity index is 3410. The Balaban J connectivity index is 1.17. The van der Waals surface area contributed by atoms with Gasteiger partial charge in [-0.3, -0.25) is 0 Å². The molecule has 3 heterocycles. The first-order chi connectivity index (χ1) is 29.0. The van der Waals surface area contributed by atoms with Crippen molar-refractivity contribution in [1.82, 2.24) is 19.5 Å². The molecule has 0 unspecified atom stereocenters. The Morgan fingerprint density at radius 2 is 1.02 bits per heavy atom. The van der Waals surface area contributed by atoms with E-state index in [1.54, 1.807) is 0 Å². The van der Waals surface area contributed by atoms with Gasteiger partial charge in [-0.25, -0.2) is 15.0 Å². The van der Waals surface area contributed by atoms with Crippen LogP contribution in [0.2, 0.25) is 0 Å². The monoisotopic (exact) mass is 756 g/mol. The molecule has 5 heteroatoms. The minimum Gasteiger partial charge on any atom is -0.455 e. The van der Waals surface area contributed by atoms with Gasteiger partial charge in [0.2, 0.25) is 0 Å². The molecule has 1 aliphatic carbocycles. The number of para-hydroxylation sites is 3. The van der Waals surface area contributed by atoms with Gasteiger partial charge in [-0.1, -0.05) is 166 Å². The first kappa shape index (κ1) is 33.5. The number of aromatic nitrogens is 4. The Hall–Kier alpha value is -7.63. The first-order valence-corrected chi connectivity index (χ1v) is 20.1. The number of hydrogen-bond acceptors (Lipinski definition) is 4. The maximum absolute atomic E-state index is 6.71. The molecule has 8 aromatic carbocycles. The highest BCUT2D eigenvalue weighted by Gasteiger charge is 2.36. The van der Waals surface area contributed by atoms with E-state index >= 15 is 0 Å². The van der Waals surface area contributed by atoms with E-state index in [0.717, 1.165) is 66.5 Å². The van der Waals surface area contributed by atoms with Gasteiger partial charge < -0.3 is 8.98 Å². The molecule has 0 radical (unpaired) electrons. The van der Waals surface area contributed by atoms with Crippen molar-refractivity contribution in [2.75, 3.05) is 0 Å². The molecule has 0 spiro atoms. The Kier molecular flexibility index (Phi) is 7.20. The van der Waals surface area contributed by atoms with Gasteiger partial charge in [0.25, 0.3) is 0 Å². The third-order valence-corrected chi connectivity index (χ3v) is 12.3. The van der Waals surface area contributed by atoms with Crippen LogP contribution >= 0.6 is 0 Å². The van der Waals surface area contributed by atoms with E-state index < -0.39 is 0 Å². The van der Waals surface area contributed by atoms with Crippen molar-refractivity contribution in [1.29, 1.82) is 0 Å². The summed E-state index contributed by atoms with van der Waals surface area (Å²) >= 11 is 0. The average Bonchev–Trinajstić information content (AvgIpc) is 3.91. The highest BCUT2D eigenvalue weighted by molar-refractivity contribution is 6.14. The van der Waals surface area contributed by atoms with Crippen LogP contribution in [0.25, 0.3) is 106 Å². The lowest BCUT2D eigenvalue weighted by Crippen LogP contribution is -2.15. The summed E-state index contributed by atoms with van der Waals surface area (Å²) in [4.78, 5) is 15.3. The van der Waals surface area contributed by atoms with Crippen LogP contribution in [0.5, 0.6) is 0 Å². The normalized spacial score (nSPS) is 13.1. The second kappa shape index (κ2) is 12.7. The Morgan fingerprint density at radius 1 is 0.407 bits per heavy atom. The molecule has 1 aliphatic rings. The summed E-state index contributed by atoms with van der Waals surface area (Å²) < 4.78 is 9.16. The highest BCUT2D eigenvalue weighted by Crippen LogP contribution is 2.51. The van der Waals surface area contributed by atoms with Crippen LogP contribution in [0.3, 0.4) is 0 Å². The summed E-state index contributed by atoms with van der Waals surface area (Å²) in [5, 5.41) is 4.60. The third-order valence-electron chi connectivity index (χ3n) is 12.3. The average molecular weight is 757 g/mol. The van der Waals surface area contributed by atoms with Gasteiger partial charge in [-0.2, -0.15) is 0 Å². The van der Waals surface area contributed by atoms with Gasteiger partial charge in [-0.05, 0) is 52.6 Å². The van der Waals surface area contributed by atoms with E-state index in [0.29, 0.717) is 17.5 Å². The quantitative estimate of drug-likeness (QED) is 0.175. The number of benzene rings is 8. The number of nitrogens with zero attached hydrogens (tertiary/aromatic N) is 4. The molecule has 0 amide bonds. The molecule has 11 aromatic rings. The lowest BCUT2D eigenvalue weighted by Gasteiger charge is -2.22. The lowest BCUT2D eigenvalue weighted by molar-refractivity contribution is 0.661. The molecule has 0 saturated heterocycles. The number of hydrogen-bond donors (Lipinski definition) is 0. The maximum atomic E-state index is 6.71. The molecule has 59 heavy (non-hydrogen) atoms. The maximum Gasteiger partial charge on any atom is 0.164 e. The molecule has 0 N–H and O–H groups in total. The van der Waals surface area contributed by atoms with Crippen molar-refractivity contribution in [2.45, 2.75) is 19.3 Å². The van der Waals surface area contributed by atoms with E-state index in [2.05, 4.69) is 128 Å². The number of furan rings is 1. The van der Waals surface area contributed by atoms with Crippen LogP contribution in [0.1, 0.15) is 25.0 Å². The van der Waals surface area contributed by atoms with E-state index in [1.165, 1.54) is 33.0 Å². The summed E-state index contributed by atoms with van der Waals surface area (Å²) in [6, 6.07) is 64.2. The molecule has 0 bridgehead atoms. The van der Waals surface area contributed by atoms with Crippen molar-refractivity contribution in [3.05, 3.63) is 193 Å². The molecule has 0 aliphatic heterocycles.